The van der Waals surface area contributed by atoms with Crippen molar-refractivity contribution in [2.45, 2.75) is 76.9 Å². The van der Waals surface area contributed by atoms with Gasteiger partial charge >= 0.3 is 0 Å². The summed E-state index contributed by atoms with van der Waals surface area (Å²) < 4.78 is 16.5. The maximum Gasteiger partial charge on any atom is 0.272 e. The van der Waals surface area contributed by atoms with Gasteiger partial charge in [-0.1, -0.05) is 44.0 Å². The van der Waals surface area contributed by atoms with Crippen LogP contribution in [0, 0.1) is 28.6 Å². The van der Waals surface area contributed by atoms with Gasteiger partial charge in [-0.2, -0.15) is 0 Å². The number of alkyl halides is 1. The molecule has 1 saturated heterocycles. The lowest BCUT2D eigenvalue weighted by molar-refractivity contribution is -0.183. The van der Waals surface area contributed by atoms with E-state index < -0.39 is 22.9 Å². The number of anilines is 1. The van der Waals surface area contributed by atoms with Crippen LogP contribution in [0.4, 0.5) is 10.1 Å². The molecule has 4 nitrogen and oxygen atoms in total. The topological polar surface area (TPSA) is 49.4 Å². The van der Waals surface area contributed by atoms with E-state index in [2.05, 4.69) is 19.2 Å². The van der Waals surface area contributed by atoms with Gasteiger partial charge in [-0.05, 0) is 79.2 Å². The minimum atomic E-state index is -2.59. The van der Waals surface area contributed by atoms with E-state index in [1.165, 1.54) is 25.7 Å². The third-order valence-corrected chi connectivity index (χ3v) is 10.2. The van der Waals surface area contributed by atoms with Crippen LogP contribution in [0.2, 0.25) is 5.02 Å². The van der Waals surface area contributed by atoms with Crippen molar-refractivity contribution < 1.29 is 14.0 Å². The lowest BCUT2D eigenvalue weighted by atomic mass is 9.46. The molecule has 0 radical (unpaired) electrons. The van der Waals surface area contributed by atoms with Crippen LogP contribution in [0.5, 0.6) is 0 Å². The molecule has 0 bridgehead atoms. The summed E-state index contributed by atoms with van der Waals surface area (Å²) in [5, 5.41) is 2.94. The van der Waals surface area contributed by atoms with E-state index >= 15 is 4.39 Å². The zero-order chi connectivity index (χ0) is 22.9. The van der Waals surface area contributed by atoms with Crippen molar-refractivity contribution in [1.82, 2.24) is 4.90 Å². The number of nitrogens with one attached hydrogen (secondary N) is 1. The molecule has 1 aromatic rings. The first-order valence-electron chi connectivity index (χ1n) is 12.1. The summed E-state index contributed by atoms with van der Waals surface area (Å²) in [4.78, 5) is 28.0. The second-order valence-electron chi connectivity index (χ2n) is 11.4. The Kier molecular flexibility index (Phi) is 5.16. The fourth-order valence-electron chi connectivity index (χ4n) is 8.30. The highest BCUT2D eigenvalue weighted by Gasteiger charge is 2.66. The molecule has 2 amide bonds. The van der Waals surface area contributed by atoms with Crippen molar-refractivity contribution in [3.8, 4) is 0 Å². The van der Waals surface area contributed by atoms with Gasteiger partial charge in [0.1, 0.15) is 0 Å². The van der Waals surface area contributed by atoms with Crippen LogP contribution in [0.3, 0.4) is 0 Å². The highest BCUT2D eigenvalue weighted by atomic mass is 35.5. The Balaban J connectivity index is 1.47. The summed E-state index contributed by atoms with van der Waals surface area (Å²) >= 11 is 6.18. The molecular formula is C26H34ClFN2O2. The monoisotopic (exact) mass is 460 g/mol. The van der Waals surface area contributed by atoms with Gasteiger partial charge in [0.05, 0.1) is 10.7 Å². The SMILES string of the molecule is CN1C(=O)C(F)(C(=O)Nc2ccccc2Cl)C[C@@]2(C)C1CC[C@@H]1[C@H]2CC[C@]2(C)CCC[C@@H]12. The Labute approximate surface area is 195 Å². The average Bonchev–Trinajstić information content (AvgIpc) is 3.15. The molecule has 32 heavy (non-hydrogen) atoms. The van der Waals surface area contributed by atoms with Crippen molar-refractivity contribution >= 4 is 29.1 Å². The molecule has 2 unspecified atom stereocenters. The Morgan fingerprint density at radius 1 is 1.12 bits per heavy atom. The lowest BCUT2D eigenvalue weighted by Gasteiger charge is -2.62. The molecule has 1 aliphatic heterocycles. The molecule has 4 fully saturated rings. The molecule has 0 spiro atoms. The molecule has 174 valence electrons. The van der Waals surface area contributed by atoms with Gasteiger partial charge in [0.25, 0.3) is 17.5 Å². The van der Waals surface area contributed by atoms with Crippen molar-refractivity contribution in [3.63, 3.8) is 0 Å². The number of amides is 2. The van der Waals surface area contributed by atoms with E-state index in [-0.39, 0.29) is 12.5 Å². The normalized spacial score (nSPS) is 43.3. The fourth-order valence-corrected chi connectivity index (χ4v) is 8.48. The Morgan fingerprint density at radius 3 is 2.62 bits per heavy atom. The molecule has 3 saturated carbocycles. The smallest absolute Gasteiger partial charge is 0.272 e. The highest BCUT2D eigenvalue weighted by molar-refractivity contribution is 6.34. The summed E-state index contributed by atoms with van der Waals surface area (Å²) in [5.74, 6) is -0.0191. The summed E-state index contributed by atoms with van der Waals surface area (Å²) in [7, 11) is 1.68. The van der Waals surface area contributed by atoms with Gasteiger partial charge in [-0.3, -0.25) is 9.59 Å². The summed E-state index contributed by atoms with van der Waals surface area (Å²) in [6.45, 7) is 4.59. The van der Waals surface area contributed by atoms with Gasteiger partial charge in [0.2, 0.25) is 0 Å². The minimum absolute atomic E-state index is 0.0148. The fraction of sp³-hybridized carbons (Fsp3) is 0.692. The molecule has 6 heteroatoms. The number of likely N-dealkylation sites (tertiary alicyclic amines) is 1. The minimum Gasteiger partial charge on any atom is -0.339 e. The van der Waals surface area contributed by atoms with E-state index in [0.717, 1.165) is 19.3 Å². The maximum atomic E-state index is 16.5. The van der Waals surface area contributed by atoms with E-state index in [9.17, 15) is 9.59 Å². The first-order valence-corrected chi connectivity index (χ1v) is 12.5. The average molecular weight is 461 g/mol. The first-order chi connectivity index (χ1) is 15.1. The summed E-state index contributed by atoms with van der Waals surface area (Å²) in [6, 6.07) is 6.73. The highest BCUT2D eigenvalue weighted by Crippen LogP contribution is 2.65. The van der Waals surface area contributed by atoms with Crippen LogP contribution in [-0.4, -0.2) is 35.5 Å². The third kappa shape index (κ3) is 3.06. The van der Waals surface area contributed by atoms with Crippen LogP contribution in [0.1, 0.15) is 65.2 Å². The van der Waals surface area contributed by atoms with Crippen molar-refractivity contribution in [2.24, 2.45) is 28.6 Å². The number of para-hydroxylation sites is 1. The van der Waals surface area contributed by atoms with Gasteiger partial charge < -0.3 is 10.2 Å². The number of halogens is 2. The van der Waals surface area contributed by atoms with Gasteiger partial charge in [-0.15, -0.1) is 0 Å². The van der Waals surface area contributed by atoms with Crippen LogP contribution in [0.15, 0.2) is 24.3 Å². The molecule has 0 aromatic heterocycles. The summed E-state index contributed by atoms with van der Waals surface area (Å²) in [5.41, 5.74) is -2.26. The molecule has 5 rings (SSSR count). The van der Waals surface area contributed by atoms with E-state index in [0.29, 0.717) is 33.9 Å². The van der Waals surface area contributed by atoms with Gasteiger partial charge in [0, 0.05) is 19.5 Å². The Hall–Kier alpha value is -1.62. The van der Waals surface area contributed by atoms with Crippen LogP contribution in [-0.2, 0) is 9.59 Å². The summed E-state index contributed by atoms with van der Waals surface area (Å²) in [6.07, 6.45) is 8.04. The molecule has 1 N–H and O–H groups in total. The van der Waals surface area contributed by atoms with E-state index in [1.54, 1.807) is 36.2 Å². The number of nitrogens with zero attached hydrogens (tertiary/aromatic N) is 1. The number of fused-ring (bicyclic) bond motifs is 5. The number of hydrogen-bond donors (Lipinski definition) is 1. The third-order valence-electron chi connectivity index (χ3n) is 9.83. The van der Waals surface area contributed by atoms with E-state index in [4.69, 9.17) is 11.6 Å². The van der Waals surface area contributed by atoms with E-state index in [1.807, 2.05) is 0 Å². The number of piperidine rings is 1. The predicted octanol–water partition coefficient (Wildman–Crippen LogP) is 5.85. The van der Waals surface area contributed by atoms with Crippen molar-refractivity contribution in [1.29, 1.82) is 0 Å². The van der Waals surface area contributed by atoms with Crippen LogP contribution < -0.4 is 5.32 Å². The molecule has 7 atom stereocenters. The number of hydrogen-bond acceptors (Lipinski definition) is 2. The molecule has 1 heterocycles. The molecule has 4 aliphatic rings. The number of carbonyl (C=O) groups is 2. The zero-order valence-corrected chi connectivity index (χ0v) is 20.1. The zero-order valence-electron chi connectivity index (χ0n) is 19.3. The largest absolute Gasteiger partial charge is 0.339 e. The molecule has 1 aromatic carbocycles. The van der Waals surface area contributed by atoms with Gasteiger partial charge in [-0.25, -0.2) is 4.39 Å². The second-order valence-corrected chi connectivity index (χ2v) is 11.8. The number of benzene rings is 1. The molecular weight excluding hydrogens is 427 g/mol. The van der Waals surface area contributed by atoms with Gasteiger partial charge in [0.15, 0.2) is 0 Å². The quantitative estimate of drug-likeness (QED) is 0.563. The Morgan fingerprint density at radius 2 is 1.88 bits per heavy atom. The number of carbonyl (C=O) groups excluding carboxylic acids is 2. The van der Waals surface area contributed by atoms with Crippen molar-refractivity contribution in [3.05, 3.63) is 29.3 Å². The maximum absolute atomic E-state index is 16.5. The standard InChI is InChI=1S/C26H34ClFN2O2/c1-24-13-6-7-17(24)16-10-11-21-25(2,18(16)12-14-24)15-26(28,23(32)30(21)3)22(31)29-20-9-5-4-8-19(20)27/h4-5,8-9,16-18,21H,6-7,10-15H2,1-3H3,(H,29,31)/t16-,17-,18+,21?,24-,25+,26?/m0/s1. The first kappa shape index (κ1) is 22.2. The number of rotatable bonds is 2. The van der Waals surface area contributed by atoms with Crippen molar-refractivity contribution in [2.75, 3.05) is 12.4 Å². The van der Waals surface area contributed by atoms with Crippen LogP contribution in [0.25, 0.3) is 0 Å². The molecule has 3 aliphatic carbocycles. The predicted molar refractivity (Wildman–Crippen MR) is 124 cm³/mol. The lowest BCUT2D eigenvalue weighted by Crippen LogP contribution is -2.69. The Bertz CT molecular complexity index is 956. The van der Waals surface area contributed by atoms with Crippen LogP contribution >= 0.6 is 11.6 Å². The second kappa shape index (κ2) is 7.44.